The molecule has 0 radical (unpaired) electrons. The Morgan fingerprint density at radius 1 is 1.27 bits per heavy atom. The number of Topliss-reactive ketones (excluding diaryl/α,β-unsaturated/α-hetero) is 1. The van der Waals surface area contributed by atoms with E-state index in [0.717, 1.165) is 36.0 Å². The number of phenols is 1. The Bertz CT molecular complexity index is 1140. The molecule has 2 aromatic carbocycles. The van der Waals surface area contributed by atoms with Gasteiger partial charge in [0.1, 0.15) is 22.8 Å². The Morgan fingerprint density at radius 3 is 2.90 bits per heavy atom. The topological polar surface area (TPSA) is 62.9 Å². The Kier molecular flexibility index (Phi) is 4.63. The standard InChI is InChI=1S/C25H25NO4/c1-15-6-5-9-26(13-15)14-19-20(27)10-16(2)23-24(28)22(30-25(19)23)12-18-11-17-7-3-4-8-21(17)29-18/h3-4,7-8,10-12,15,27H,5-6,9,13-14H2,1-2H3/t15-/m0/s1. The monoisotopic (exact) mass is 403 g/mol. The lowest BCUT2D eigenvalue weighted by molar-refractivity contribution is 0.101. The van der Waals surface area contributed by atoms with Gasteiger partial charge >= 0.3 is 0 Å². The SMILES string of the molecule is Cc1cc(O)c(CN2CCC[C@H](C)C2)c2c1C(=O)C(=Cc1cc3ccccc3o1)O2. The van der Waals surface area contributed by atoms with Crippen LogP contribution in [0.4, 0.5) is 0 Å². The maximum atomic E-state index is 13.1. The summed E-state index contributed by atoms with van der Waals surface area (Å²) >= 11 is 0. The van der Waals surface area contributed by atoms with Gasteiger partial charge in [0, 0.05) is 24.6 Å². The summed E-state index contributed by atoms with van der Waals surface area (Å²) in [5, 5.41) is 11.6. The zero-order chi connectivity index (χ0) is 20.8. The molecule has 2 aliphatic heterocycles. The Morgan fingerprint density at radius 2 is 2.10 bits per heavy atom. The number of piperidine rings is 1. The van der Waals surface area contributed by atoms with Crippen LogP contribution in [0.5, 0.6) is 11.5 Å². The molecule has 0 aliphatic carbocycles. The highest BCUT2D eigenvalue weighted by atomic mass is 16.5. The van der Waals surface area contributed by atoms with Crippen LogP contribution < -0.4 is 4.74 Å². The van der Waals surface area contributed by atoms with Crippen LogP contribution in [-0.2, 0) is 6.54 Å². The number of likely N-dealkylation sites (tertiary alicyclic amines) is 1. The zero-order valence-corrected chi connectivity index (χ0v) is 17.3. The fourth-order valence-corrected chi connectivity index (χ4v) is 4.59. The summed E-state index contributed by atoms with van der Waals surface area (Å²) in [6.45, 7) is 6.63. The third kappa shape index (κ3) is 3.29. The first-order chi connectivity index (χ1) is 14.5. The van der Waals surface area contributed by atoms with Crippen molar-refractivity contribution in [2.24, 2.45) is 5.92 Å². The quantitative estimate of drug-likeness (QED) is 0.602. The lowest BCUT2D eigenvalue weighted by Crippen LogP contribution is -2.33. The smallest absolute Gasteiger partial charge is 0.232 e. The van der Waals surface area contributed by atoms with Gasteiger partial charge in [0.25, 0.3) is 0 Å². The third-order valence-corrected chi connectivity index (χ3v) is 6.06. The van der Waals surface area contributed by atoms with E-state index in [4.69, 9.17) is 9.15 Å². The third-order valence-electron chi connectivity index (χ3n) is 6.06. The number of nitrogens with zero attached hydrogens (tertiary/aromatic N) is 1. The molecule has 154 valence electrons. The number of phenolic OH excluding ortho intramolecular Hbond substituents is 1. The van der Waals surface area contributed by atoms with E-state index in [0.29, 0.717) is 35.1 Å². The maximum Gasteiger partial charge on any atom is 0.232 e. The number of benzene rings is 2. The molecule has 5 rings (SSSR count). The predicted molar refractivity (Wildman–Crippen MR) is 116 cm³/mol. The summed E-state index contributed by atoms with van der Waals surface area (Å²) in [7, 11) is 0. The van der Waals surface area contributed by atoms with Crippen LogP contribution in [-0.4, -0.2) is 28.9 Å². The second kappa shape index (κ2) is 7.33. The normalized spacial score (nSPS) is 20.7. The van der Waals surface area contributed by atoms with Crippen molar-refractivity contribution in [3.05, 3.63) is 64.6 Å². The van der Waals surface area contributed by atoms with E-state index in [2.05, 4.69) is 11.8 Å². The number of carbonyl (C=O) groups is 1. The van der Waals surface area contributed by atoms with Crippen molar-refractivity contribution >= 4 is 22.8 Å². The molecule has 0 amide bonds. The number of aromatic hydroxyl groups is 1. The molecule has 1 saturated heterocycles. The predicted octanol–water partition coefficient (Wildman–Crippen LogP) is 5.29. The summed E-state index contributed by atoms with van der Waals surface area (Å²) in [5.74, 6) is 1.92. The minimum atomic E-state index is -0.170. The molecule has 2 aliphatic rings. The molecule has 0 bridgehead atoms. The molecule has 1 fully saturated rings. The van der Waals surface area contributed by atoms with E-state index in [-0.39, 0.29) is 17.3 Å². The Balaban J connectivity index is 1.50. The van der Waals surface area contributed by atoms with Crippen molar-refractivity contribution in [3.8, 4) is 11.5 Å². The van der Waals surface area contributed by atoms with Gasteiger partial charge in [0.05, 0.1) is 11.1 Å². The van der Waals surface area contributed by atoms with Crippen molar-refractivity contribution in [1.82, 2.24) is 4.90 Å². The van der Waals surface area contributed by atoms with Gasteiger partial charge in [-0.3, -0.25) is 9.69 Å². The van der Waals surface area contributed by atoms with Crippen LogP contribution in [0.2, 0.25) is 0 Å². The Labute approximate surface area is 175 Å². The van der Waals surface area contributed by atoms with Crippen molar-refractivity contribution in [2.45, 2.75) is 33.2 Å². The van der Waals surface area contributed by atoms with E-state index in [1.807, 2.05) is 37.3 Å². The van der Waals surface area contributed by atoms with Crippen LogP contribution in [0.3, 0.4) is 0 Å². The molecular weight excluding hydrogens is 378 g/mol. The van der Waals surface area contributed by atoms with Crippen LogP contribution in [0.15, 0.2) is 46.6 Å². The lowest BCUT2D eigenvalue weighted by atomic mass is 9.97. The van der Waals surface area contributed by atoms with Gasteiger partial charge < -0.3 is 14.3 Å². The van der Waals surface area contributed by atoms with Crippen molar-refractivity contribution in [3.63, 3.8) is 0 Å². The number of aryl methyl sites for hydroxylation is 1. The zero-order valence-electron chi connectivity index (χ0n) is 17.3. The van der Waals surface area contributed by atoms with Crippen molar-refractivity contribution in [1.29, 1.82) is 0 Å². The summed E-state index contributed by atoms with van der Waals surface area (Å²) in [4.78, 5) is 15.4. The fourth-order valence-electron chi connectivity index (χ4n) is 4.59. The fraction of sp³-hybridized carbons (Fsp3) is 0.320. The van der Waals surface area contributed by atoms with Gasteiger partial charge in [0.2, 0.25) is 5.78 Å². The number of allylic oxidation sites excluding steroid dienone is 1. The molecule has 1 atom stereocenters. The molecule has 5 heteroatoms. The number of furan rings is 1. The van der Waals surface area contributed by atoms with E-state index in [9.17, 15) is 9.90 Å². The van der Waals surface area contributed by atoms with Crippen molar-refractivity contribution in [2.75, 3.05) is 13.1 Å². The van der Waals surface area contributed by atoms with Crippen LogP contribution >= 0.6 is 0 Å². The number of ether oxygens (including phenoxy) is 1. The minimum absolute atomic E-state index is 0.170. The first-order valence-electron chi connectivity index (χ1n) is 10.5. The molecular formula is C25H25NO4. The number of rotatable bonds is 3. The number of para-hydroxylation sites is 1. The molecule has 5 nitrogen and oxygen atoms in total. The highest BCUT2D eigenvalue weighted by Crippen LogP contribution is 2.42. The first kappa shape index (κ1) is 18.9. The number of hydrogen-bond acceptors (Lipinski definition) is 5. The molecule has 3 heterocycles. The van der Waals surface area contributed by atoms with Gasteiger partial charge in [-0.05, 0) is 56.0 Å². The molecule has 30 heavy (non-hydrogen) atoms. The second-order valence-electron chi connectivity index (χ2n) is 8.50. The second-order valence-corrected chi connectivity index (χ2v) is 8.50. The Hall–Kier alpha value is -3.05. The minimum Gasteiger partial charge on any atom is -0.507 e. The largest absolute Gasteiger partial charge is 0.507 e. The first-order valence-corrected chi connectivity index (χ1v) is 10.5. The summed E-state index contributed by atoms with van der Waals surface area (Å²) in [6, 6.07) is 11.3. The number of carbonyl (C=O) groups excluding carboxylic acids is 1. The summed E-state index contributed by atoms with van der Waals surface area (Å²) < 4.78 is 11.9. The van der Waals surface area contributed by atoms with Crippen LogP contribution in [0.1, 0.15) is 47.0 Å². The molecule has 1 aromatic heterocycles. The van der Waals surface area contributed by atoms with Gasteiger partial charge in [-0.15, -0.1) is 0 Å². The van der Waals surface area contributed by atoms with Gasteiger partial charge in [-0.25, -0.2) is 0 Å². The van der Waals surface area contributed by atoms with E-state index in [1.54, 1.807) is 12.1 Å². The van der Waals surface area contributed by atoms with Gasteiger partial charge in [-0.1, -0.05) is 25.1 Å². The van der Waals surface area contributed by atoms with Crippen LogP contribution in [0, 0.1) is 12.8 Å². The molecule has 1 N–H and O–H groups in total. The van der Waals surface area contributed by atoms with Gasteiger partial charge in [0.15, 0.2) is 5.76 Å². The van der Waals surface area contributed by atoms with E-state index in [1.165, 1.54) is 6.42 Å². The number of hydrogen-bond donors (Lipinski definition) is 1. The van der Waals surface area contributed by atoms with Crippen molar-refractivity contribution < 1.29 is 19.1 Å². The molecule has 0 spiro atoms. The average molecular weight is 403 g/mol. The highest BCUT2D eigenvalue weighted by molar-refractivity contribution is 6.15. The highest BCUT2D eigenvalue weighted by Gasteiger charge is 2.34. The number of ketones is 1. The van der Waals surface area contributed by atoms with E-state index >= 15 is 0 Å². The maximum absolute atomic E-state index is 13.1. The average Bonchev–Trinajstić information content (AvgIpc) is 3.26. The lowest BCUT2D eigenvalue weighted by Gasteiger charge is -2.31. The summed E-state index contributed by atoms with van der Waals surface area (Å²) in [6.07, 6.45) is 4.02. The van der Waals surface area contributed by atoms with Gasteiger partial charge in [-0.2, -0.15) is 0 Å². The molecule has 3 aromatic rings. The molecule has 0 saturated carbocycles. The number of fused-ring (bicyclic) bond motifs is 2. The van der Waals surface area contributed by atoms with Crippen LogP contribution in [0.25, 0.3) is 17.0 Å². The molecule has 0 unspecified atom stereocenters. The summed E-state index contributed by atoms with van der Waals surface area (Å²) in [5.41, 5.74) is 2.71. The van der Waals surface area contributed by atoms with E-state index < -0.39 is 0 Å².